The molecule has 4 nitrogen and oxygen atoms in total. The molecular weight excluding hydrogens is 260 g/mol. The zero-order chi connectivity index (χ0) is 13.2. The van der Waals surface area contributed by atoms with Crippen molar-refractivity contribution >= 4 is 22.8 Å². The highest BCUT2D eigenvalue weighted by Gasteiger charge is 2.04. The Morgan fingerprint density at radius 1 is 1.32 bits per heavy atom. The Bertz CT molecular complexity index is 720. The summed E-state index contributed by atoms with van der Waals surface area (Å²) in [4.78, 5) is 4.12. The summed E-state index contributed by atoms with van der Waals surface area (Å²) in [5, 5.41) is 8.18. The largest absolute Gasteiger partial charge is 0.380 e. The molecule has 5 heteroatoms. The van der Waals surface area contributed by atoms with Crippen LogP contribution in [0.25, 0.3) is 5.52 Å². The second-order valence-electron chi connectivity index (χ2n) is 4.39. The van der Waals surface area contributed by atoms with E-state index in [0.29, 0.717) is 11.7 Å². The molecule has 0 aliphatic carbocycles. The minimum Gasteiger partial charge on any atom is -0.380 e. The minimum atomic E-state index is 0.543. The molecule has 0 atom stereocenters. The number of aromatic nitrogens is 3. The number of fused-ring (bicyclic) bond motifs is 1. The lowest BCUT2D eigenvalue weighted by molar-refractivity contribution is 0.961. The summed E-state index contributed by atoms with van der Waals surface area (Å²) < 4.78 is 1.86. The standard InChI is InChI=1S/C14H13ClN4/c1-10-6-12(9-17-14(10)15)16-7-11-8-18-19-5-3-2-4-13(11)19/h2-6,8-9,16H,7H2,1H3. The van der Waals surface area contributed by atoms with Crippen molar-refractivity contribution in [3.8, 4) is 0 Å². The predicted octanol–water partition coefficient (Wildman–Crippen LogP) is 3.30. The second kappa shape index (κ2) is 4.90. The van der Waals surface area contributed by atoms with Crippen LogP contribution in [0.3, 0.4) is 0 Å². The fourth-order valence-corrected chi connectivity index (χ4v) is 2.08. The number of anilines is 1. The van der Waals surface area contributed by atoms with Crippen molar-refractivity contribution in [3.63, 3.8) is 0 Å². The van der Waals surface area contributed by atoms with E-state index in [1.807, 2.05) is 42.0 Å². The second-order valence-corrected chi connectivity index (χ2v) is 4.74. The van der Waals surface area contributed by atoms with Crippen molar-refractivity contribution in [3.05, 3.63) is 59.1 Å². The van der Waals surface area contributed by atoms with Gasteiger partial charge in [-0.25, -0.2) is 9.50 Å². The molecule has 3 aromatic heterocycles. The summed E-state index contributed by atoms with van der Waals surface area (Å²) in [6.07, 6.45) is 5.55. The third-order valence-corrected chi connectivity index (χ3v) is 3.40. The monoisotopic (exact) mass is 272 g/mol. The Labute approximate surface area is 116 Å². The summed E-state index contributed by atoms with van der Waals surface area (Å²) in [6, 6.07) is 8.01. The van der Waals surface area contributed by atoms with E-state index in [9.17, 15) is 0 Å². The third-order valence-electron chi connectivity index (χ3n) is 3.00. The molecule has 1 N–H and O–H groups in total. The summed E-state index contributed by atoms with van der Waals surface area (Å²) in [5.74, 6) is 0. The zero-order valence-electron chi connectivity index (χ0n) is 10.5. The molecule has 3 aromatic rings. The first-order chi connectivity index (χ1) is 9.24. The van der Waals surface area contributed by atoms with E-state index >= 15 is 0 Å². The highest BCUT2D eigenvalue weighted by molar-refractivity contribution is 6.30. The van der Waals surface area contributed by atoms with Gasteiger partial charge in [-0.3, -0.25) is 0 Å². The van der Waals surface area contributed by atoms with Gasteiger partial charge in [-0.05, 0) is 30.7 Å². The summed E-state index contributed by atoms with van der Waals surface area (Å²) in [7, 11) is 0. The number of rotatable bonds is 3. The van der Waals surface area contributed by atoms with Gasteiger partial charge in [0.25, 0.3) is 0 Å². The third kappa shape index (κ3) is 2.39. The highest BCUT2D eigenvalue weighted by atomic mass is 35.5. The maximum Gasteiger partial charge on any atom is 0.132 e. The van der Waals surface area contributed by atoms with Gasteiger partial charge >= 0.3 is 0 Å². The van der Waals surface area contributed by atoms with Gasteiger partial charge in [-0.2, -0.15) is 5.10 Å². The van der Waals surface area contributed by atoms with Crippen LogP contribution in [0, 0.1) is 6.92 Å². The first-order valence-corrected chi connectivity index (χ1v) is 6.39. The van der Waals surface area contributed by atoms with Crippen molar-refractivity contribution < 1.29 is 0 Å². The van der Waals surface area contributed by atoms with Crippen LogP contribution in [-0.4, -0.2) is 14.6 Å². The maximum atomic E-state index is 5.91. The predicted molar refractivity (Wildman–Crippen MR) is 76.5 cm³/mol. The number of pyridine rings is 2. The van der Waals surface area contributed by atoms with Gasteiger partial charge < -0.3 is 5.32 Å². The van der Waals surface area contributed by atoms with E-state index in [1.165, 1.54) is 0 Å². The molecule has 0 bridgehead atoms. The molecule has 0 amide bonds. The van der Waals surface area contributed by atoms with Gasteiger partial charge in [0.2, 0.25) is 0 Å². The lowest BCUT2D eigenvalue weighted by Crippen LogP contribution is -2.00. The van der Waals surface area contributed by atoms with E-state index in [0.717, 1.165) is 22.3 Å². The number of aryl methyl sites for hydroxylation is 1. The van der Waals surface area contributed by atoms with E-state index in [2.05, 4.69) is 21.5 Å². The van der Waals surface area contributed by atoms with Gasteiger partial charge in [0, 0.05) is 18.3 Å². The van der Waals surface area contributed by atoms with Gasteiger partial charge in [0.1, 0.15) is 5.15 Å². The van der Waals surface area contributed by atoms with E-state index in [1.54, 1.807) is 6.20 Å². The summed E-state index contributed by atoms with van der Waals surface area (Å²) in [5.41, 5.74) is 4.17. The Morgan fingerprint density at radius 2 is 2.21 bits per heavy atom. The molecule has 0 fully saturated rings. The molecule has 0 radical (unpaired) electrons. The van der Waals surface area contributed by atoms with Crippen molar-refractivity contribution in [2.45, 2.75) is 13.5 Å². The highest BCUT2D eigenvalue weighted by Crippen LogP contribution is 2.17. The Morgan fingerprint density at radius 3 is 3.05 bits per heavy atom. The number of nitrogens with one attached hydrogen (secondary N) is 1. The molecule has 0 saturated carbocycles. The van der Waals surface area contributed by atoms with Crippen LogP contribution >= 0.6 is 11.6 Å². The molecule has 3 heterocycles. The average Bonchev–Trinajstić information content (AvgIpc) is 2.83. The molecular formula is C14H13ClN4. The SMILES string of the molecule is Cc1cc(NCc2cnn3ccccc23)cnc1Cl. The molecule has 0 saturated heterocycles. The fourth-order valence-electron chi connectivity index (χ4n) is 1.98. The smallest absolute Gasteiger partial charge is 0.132 e. The molecule has 0 aliphatic heterocycles. The van der Waals surface area contributed by atoms with Gasteiger partial charge in [-0.15, -0.1) is 0 Å². The molecule has 0 aliphatic rings. The van der Waals surface area contributed by atoms with E-state index in [4.69, 9.17) is 11.6 Å². The van der Waals surface area contributed by atoms with Crippen LogP contribution in [0.4, 0.5) is 5.69 Å². The Kier molecular flexibility index (Phi) is 3.09. The van der Waals surface area contributed by atoms with Crippen LogP contribution in [0.1, 0.15) is 11.1 Å². The van der Waals surface area contributed by atoms with Crippen LogP contribution in [0.2, 0.25) is 5.15 Å². The minimum absolute atomic E-state index is 0.543. The lowest BCUT2D eigenvalue weighted by Gasteiger charge is -2.06. The molecule has 96 valence electrons. The lowest BCUT2D eigenvalue weighted by atomic mass is 10.2. The quantitative estimate of drug-likeness (QED) is 0.744. The van der Waals surface area contributed by atoms with Gasteiger partial charge in [0.15, 0.2) is 0 Å². The molecule has 0 aromatic carbocycles. The number of hydrogen-bond acceptors (Lipinski definition) is 3. The maximum absolute atomic E-state index is 5.91. The topological polar surface area (TPSA) is 42.2 Å². The molecule has 0 spiro atoms. The van der Waals surface area contributed by atoms with E-state index in [-0.39, 0.29) is 0 Å². The number of halogens is 1. The van der Waals surface area contributed by atoms with Crippen molar-refractivity contribution in [2.75, 3.05) is 5.32 Å². The van der Waals surface area contributed by atoms with Gasteiger partial charge in [0.05, 0.1) is 23.6 Å². The Hall–Kier alpha value is -2.07. The first-order valence-electron chi connectivity index (χ1n) is 6.01. The summed E-state index contributed by atoms with van der Waals surface area (Å²) in [6.45, 7) is 2.64. The zero-order valence-corrected chi connectivity index (χ0v) is 11.2. The average molecular weight is 273 g/mol. The molecule has 3 rings (SSSR count). The number of nitrogens with zero attached hydrogens (tertiary/aromatic N) is 3. The van der Waals surface area contributed by atoms with Gasteiger partial charge in [-0.1, -0.05) is 17.7 Å². The van der Waals surface area contributed by atoms with Crippen LogP contribution in [0.15, 0.2) is 42.9 Å². The van der Waals surface area contributed by atoms with Crippen molar-refractivity contribution in [2.24, 2.45) is 0 Å². The van der Waals surface area contributed by atoms with Crippen molar-refractivity contribution in [1.29, 1.82) is 0 Å². The van der Waals surface area contributed by atoms with Crippen LogP contribution in [-0.2, 0) is 6.54 Å². The van der Waals surface area contributed by atoms with E-state index < -0.39 is 0 Å². The van der Waals surface area contributed by atoms with Crippen molar-refractivity contribution in [1.82, 2.24) is 14.6 Å². The number of hydrogen-bond donors (Lipinski definition) is 1. The summed E-state index contributed by atoms with van der Waals surface area (Å²) >= 11 is 5.91. The first kappa shape index (κ1) is 12.0. The van der Waals surface area contributed by atoms with Crippen LogP contribution in [0.5, 0.6) is 0 Å². The molecule has 0 unspecified atom stereocenters. The van der Waals surface area contributed by atoms with Crippen LogP contribution < -0.4 is 5.32 Å². The molecule has 19 heavy (non-hydrogen) atoms. The normalized spacial score (nSPS) is 10.8. The fraction of sp³-hybridized carbons (Fsp3) is 0.143. The Balaban J connectivity index is 1.80.